The van der Waals surface area contributed by atoms with Crippen molar-refractivity contribution in [2.75, 3.05) is 31.4 Å². The van der Waals surface area contributed by atoms with Crippen molar-refractivity contribution in [2.24, 2.45) is 4.99 Å². The van der Waals surface area contributed by atoms with Crippen molar-refractivity contribution in [3.05, 3.63) is 12.7 Å². The number of thioether (sulfide) groups is 2. The molecule has 1 rings (SSSR count). The Labute approximate surface area is 143 Å². The van der Waals surface area contributed by atoms with Gasteiger partial charge in [0.25, 0.3) is 0 Å². The Balaban J connectivity index is 0.00000324. The van der Waals surface area contributed by atoms with Crippen LogP contribution in [0.5, 0.6) is 0 Å². The zero-order chi connectivity index (χ0) is 13.2. The van der Waals surface area contributed by atoms with Gasteiger partial charge in [-0.25, -0.2) is 0 Å². The molecule has 2 N–H and O–H groups in total. The third kappa shape index (κ3) is 8.34. The van der Waals surface area contributed by atoms with E-state index in [1.807, 2.05) is 36.6 Å². The van der Waals surface area contributed by atoms with Gasteiger partial charge in [-0.3, -0.25) is 4.99 Å². The van der Waals surface area contributed by atoms with Gasteiger partial charge in [0, 0.05) is 36.4 Å². The first-order chi connectivity index (χ1) is 8.80. The van der Waals surface area contributed by atoms with E-state index in [0.717, 1.165) is 29.3 Å². The topological polar surface area (TPSA) is 36.4 Å². The number of guanidine groups is 1. The standard InChI is InChI=1S/C13H25N3S2.HI/c1-4-8-18-9-7-15-13(14-2)16-11-5-6-12(10-11)17-3;/h4,11-12H,1,5-10H2,2-3H3,(H2,14,15,16);1H. The monoisotopic (exact) mass is 415 g/mol. The Bertz CT molecular complexity index is 275. The quantitative estimate of drug-likeness (QED) is 0.220. The van der Waals surface area contributed by atoms with Crippen LogP contribution in [0.3, 0.4) is 0 Å². The normalized spacial score (nSPS) is 22.7. The van der Waals surface area contributed by atoms with Crippen LogP contribution in [0, 0.1) is 0 Å². The lowest BCUT2D eigenvalue weighted by Crippen LogP contribution is -2.43. The molecule has 1 aliphatic carbocycles. The molecule has 0 heterocycles. The van der Waals surface area contributed by atoms with Crippen molar-refractivity contribution in [3.8, 4) is 0 Å². The van der Waals surface area contributed by atoms with Gasteiger partial charge in [-0.2, -0.15) is 23.5 Å². The van der Waals surface area contributed by atoms with E-state index in [1.54, 1.807) is 0 Å². The predicted octanol–water partition coefficient (Wildman–Crippen LogP) is 2.97. The van der Waals surface area contributed by atoms with Crippen LogP contribution < -0.4 is 10.6 Å². The highest BCUT2D eigenvalue weighted by molar-refractivity contribution is 14.0. The lowest BCUT2D eigenvalue weighted by Gasteiger charge is -2.17. The summed E-state index contributed by atoms with van der Waals surface area (Å²) in [6, 6.07) is 0.592. The molecule has 1 fully saturated rings. The number of hydrogen-bond acceptors (Lipinski definition) is 3. The zero-order valence-corrected chi connectivity index (χ0v) is 15.8. The van der Waals surface area contributed by atoms with E-state index in [9.17, 15) is 0 Å². The van der Waals surface area contributed by atoms with Crippen molar-refractivity contribution in [1.82, 2.24) is 10.6 Å². The summed E-state index contributed by atoms with van der Waals surface area (Å²) in [6.07, 6.45) is 7.99. The Kier molecular flexibility index (Phi) is 12.5. The van der Waals surface area contributed by atoms with Crippen LogP contribution in [-0.2, 0) is 0 Å². The van der Waals surface area contributed by atoms with Crippen molar-refractivity contribution in [3.63, 3.8) is 0 Å². The Morgan fingerprint density at radius 1 is 1.47 bits per heavy atom. The molecule has 0 radical (unpaired) electrons. The molecule has 0 aromatic rings. The summed E-state index contributed by atoms with van der Waals surface area (Å²) in [5, 5.41) is 7.70. The maximum atomic E-state index is 4.28. The van der Waals surface area contributed by atoms with Crippen molar-refractivity contribution in [1.29, 1.82) is 0 Å². The molecular weight excluding hydrogens is 389 g/mol. The van der Waals surface area contributed by atoms with Crippen LogP contribution in [0.4, 0.5) is 0 Å². The van der Waals surface area contributed by atoms with E-state index in [0.29, 0.717) is 6.04 Å². The Morgan fingerprint density at radius 2 is 2.26 bits per heavy atom. The van der Waals surface area contributed by atoms with Gasteiger partial charge in [0.1, 0.15) is 0 Å². The van der Waals surface area contributed by atoms with Gasteiger partial charge in [-0.05, 0) is 25.5 Å². The largest absolute Gasteiger partial charge is 0.356 e. The molecule has 0 amide bonds. The highest BCUT2D eigenvalue weighted by Gasteiger charge is 2.24. The van der Waals surface area contributed by atoms with Crippen molar-refractivity contribution >= 4 is 53.5 Å². The van der Waals surface area contributed by atoms with E-state index in [1.165, 1.54) is 19.3 Å². The first-order valence-electron chi connectivity index (χ1n) is 6.48. The minimum atomic E-state index is 0. The fourth-order valence-electron chi connectivity index (χ4n) is 2.08. The van der Waals surface area contributed by atoms with Gasteiger partial charge in [0.2, 0.25) is 0 Å². The molecule has 0 saturated heterocycles. The summed E-state index contributed by atoms with van der Waals surface area (Å²) in [4.78, 5) is 4.28. The van der Waals surface area contributed by atoms with Crippen LogP contribution >= 0.6 is 47.5 Å². The molecule has 0 aliphatic heterocycles. The second-order valence-corrected chi connectivity index (χ2v) is 6.66. The summed E-state index contributed by atoms with van der Waals surface area (Å²) >= 11 is 3.87. The van der Waals surface area contributed by atoms with Gasteiger partial charge in [0.05, 0.1) is 0 Å². The van der Waals surface area contributed by atoms with E-state index in [2.05, 4.69) is 28.5 Å². The average Bonchev–Trinajstić information content (AvgIpc) is 2.84. The Hall–Kier alpha value is 0.440. The van der Waals surface area contributed by atoms with E-state index >= 15 is 0 Å². The first kappa shape index (κ1) is 19.4. The summed E-state index contributed by atoms with van der Waals surface area (Å²) in [6.45, 7) is 4.67. The third-order valence-electron chi connectivity index (χ3n) is 3.06. The second kappa shape index (κ2) is 12.2. The van der Waals surface area contributed by atoms with E-state index in [-0.39, 0.29) is 24.0 Å². The molecular formula is C13H26IN3S2. The fourth-order valence-corrected chi connectivity index (χ4v) is 3.46. The average molecular weight is 415 g/mol. The summed E-state index contributed by atoms with van der Waals surface area (Å²) in [5.41, 5.74) is 0. The molecule has 112 valence electrons. The zero-order valence-electron chi connectivity index (χ0n) is 11.9. The van der Waals surface area contributed by atoms with Crippen LogP contribution in [-0.4, -0.2) is 48.6 Å². The fraction of sp³-hybridized carbons (Fsp3) is 0.769. The number of aliphatic imine (C=N–C) groups is 1. The van der Waals surface area contributed by atoms with Crippen molar-refractivity contribution < 1.29 is 0 Å². The number of rotatable bonds is 7. The van der Waals surface area contributed by atoms with E-state index < -0.39 is 0 Å². The van der Waals surface area contributed by atoms with Crippen LogP contribution in [0.15, 0.2) is 17.6 Å². The summed E-state index contributed by atoms with van der Waals surface area (Å²) < 4.78 is 0. The molecule has 1 aliphatic rings. The minimum Gasteiger partial charge on any atom is -0.356 e. The molecule has 0 aromatic carbocycles. The molecule has 0 bridgehead atoms. The Morgan fingerprint density at radius 3 is 2.84 bits per heavy atom. The molecule has 2 atom stereocenters. The maximum Gasteiger partial charge on any atom is 0.191 e. The third-order valence-corrected chi connectivity index (χ3v) is 5.12. The lowest BCUT2D eigenvalue weighted by molar-refractivity contribution is 0.617. The van der Waals surface area contributed by atoms with Gasteiger partial charge in [-0.1, -0.05) is 6.08 Å². The molecule has 3 nitrogen and oxygen atoms in total. The van der Waals surface area contributed by atoms with Crippen LogP contribution in [0.25, 0.3) is 0 Å². The molecule has 2 unspecified atom stereocenters. The summed E-state index contributed by atoms with van der Waals surface area (Å²) in [7, 11) is 1.84. The van der Waals surface area contributed by atoms with Crippen LogP contribution in [0.1, 0.15) is 19.3 Å². The lowest BCUT2D eigenvalue weighted by atomic mass is 10.2. The number of halogens is 1. The summed E-state index contributed by atoms with van der Waals surface area (Å²) in [5.74, 6) is 3.05. The molecule has 6 heteroatoms. The molecule has 19 heavy (non-hydrogen) atoms. The smallest absolute Gasteiger partial charge is 0.191 e. The number of hydrogen-bond donors (Lipinski definition) is 2. The second-order valence-electron chi connectivity index (χ2n) is 4.37. The predicted molar refractivity (Wildman–Crippen MR) is 102 cm³/mol. The SMILES string of the molecule is C=CCSCCNC(=NC)NC1CCC(SC)C1.I. The van der Waals surface area contributed by atoms with Gasteiger partial charge >= 0.3 is 0 Å². The van der Waals surface area contributed by atoms with Gasteiger partial charge in [-0.15, -0.1) is 30.6 Å². The maximum absolute atomic E-state index is 4.28. The van der Waals surface area contributed by atoms with Crippen LogP contribution in [0.2, 0.25) is 0 Å². The number of nitrogens with one attached hydrogen (secondary N) is 2. The van der Waals surface area contributed by atoms with E-state index in [4.69, 9.17) is 0 Å². The molecule has 1 saturated carbocycles. The molecule has 0 aromatic heterocycles. The van der Waals surface area contributed by atoms with Gasteiger partial charge in [0.15, 0.2) is 5.96 Å². The highest BCUT2D eigenvalue weighted by atomic mass is 127. The first-order valence-corrected chi connectivity index (χ1v) is 8.93. The molecule has 0 spiro atoms. The number of nitrogens with zero attached hydrogens (tertiary/aromatic N) is 1. The van der Waals surface area contributed by atoms with Crippen molar-refractivity contribution in [2.45, 2.75) is 30.6 Å². The minimum absolute atomic E-state index is 0. The highest BCUT2D eigenvalue weighted by Crippen LogP contribution is 2.27. The van der Waals surface area contributed by atoms with Gasteiger partial charge < -0.3 is 10.6 Å².